The molecule has 17 heavy (non-hydrogen) atoms. The summed E-state index contributed by atoms with van der Waals surface area (Å²) < 4.78 is 4.56. The van der Waals surface area contributed by atoms with Gasteiger partial charge in [-0.15, -0.1) is 6.42 Å². The van der Waals surface area contributed by atoms with Gasteiger partial charge in [0.05, 0.1) is 13.2 Å². The average Bonchev–Trinajstić information content (AvgIpc) is 2.33. The maximum Gasteiger partial charge on any atom is 0.348 e. The van der Waals surface area contributed by atoms with Gasteiger partial charge in [-0.1, -0.05) is 12.0 Å². The Bertz CT molecular complexity index is 357. The Kier molecular flexibility index (Phi) is 5.96. The molecule has 0 rings (SSSR count). The molecule has 0 spiro atoms. The van der Waals surface area contributed by atoms with Crippen molar-refractivity contribution in [2.75, 3.05) is 13.7 Å². The molecule has 1 amide bonds. The Labute approximate surface area is 100 Å². The van der Waals surface area contributed by atoms with Gasteiger partial charge in [0.25, 0.3) is 0 Å². The molecule has 0 bridgehead atoms. The lowest BCUT2D eigenvalue weighted by molar-refractivity contribution is -0.146. The lowest BCUT2D eigenvalue weighted by Crippen LogP contribution is -2.56. The second-order valence-electron chi connectivity index (χ2n) is 3.36. The Morgan fingerprint density at radius 2 is 2.24 bits per heavy atom. The number of carbonyl (C=O) groups excluding carboxylic acids is 2. The van der Waals surface area contributed by atoms with Crippen LogP contribution < -0.4 is 16.8 Å². The van der Waals surface area contributed by atoms with Crippen molar-refractivity contribution in [3.8, 4) is 12.3 Å². The maximum atomic E-state index is 11.6. The van der Waals surface area contributed by atoms with Crippen LogP contribution in [-0.2, 0) is 14.3 Å². The summed E-state index contributed by atoms with van der Waals surface area (Å²) in [5.74, 6) is 0.843. The summed E-state index contributed by atoms with van der Waals surface area (Å²) in [5.41, 5.74) is 9.00. The molecule has 6 heteroatoms. The van der Waals surface area contributed by atoms with Crippen molar-refractivity contribution in [3.63, 3.8) is 0 Å². The molecule has 94 valence electrons. The first-order chi connectivity index (χ1) is 7.93. The van der Waals surface area contributed by atoms with Gasteiger partial charge in [0, 0.05) is 6.54 Å². The zero-order valence-electron chi connectivity index (χ0n) is 9.90. The smallest absolute Gasteiger partial charge is 0.348 e. The van der Waals surface area contributed by atoms with Crippen molar-refractivity contribution in [1.82, 2.24) is 5.32 Å². The number of nitrogens with two attached hydrogens (primary N) is 2. The van der Waals surface area contributed by atoms with Crippen LogP contribution in [0.2, 0.25) is 0 Å². The van der Waals surface area contributed by atoms with Gasteiger partial charge in [-0.25, -0.2) is 4.79 Å². The zero-order chi connectivity index (χ0) is 13.5. The first kappa shape index (κ1) is 15.2. The summed E-state index contributed by atoms with van der Waals surface area (Å²) in [4.78, 5) is 23.1. The van der Waals surface area contributed by atoms with Gasteiger partial charge in [0.2, 0.25) is 11.4 Å². The van der Waals surface area contributed by atoms with Gasteiger partial charge in [-0.05, 0) is 13.0 Å². The number of carbonyl (C=O) groups is 2. The van der Waals surface area contributed by atoms with Crippen LogP contribution in [-0.4, -0.2) is 37.1 Å². The summed E-state index contributed by atoms with van der Waals surface area (Å²) in [7, 11) is 1.17. The fraction of sp³-hybridized carbons (Fsp3) is 0.455. The average molecular weight is 239 g/mol. The van der Waals surface area contributed by atoms with Crippen molar-refractivity contribution < 1.29 is 14.3 Å². The highest BCUT2D eigenvalue weighted by atomic mass is 16.5. The van der Waals surface area contributed by atoms with E-state index >= 15 is 0 Å². The number of methoxy groups -OCH3 is 1. The molecule has 5 N–H and O–H groups in total. The maximum absolute atomic E-state index is 11.6. The van der Waals surface area contributed by atoms with E-state index in [1.54, 1.807) is 0 Å². The van der Waals surface area contributed by atoms with Gasteiger partial charge >= 0.3 is 5.97 Å². The first-order valence-corrected chi connectivity index (χ1v) is 4.95. The van der Waals surface area contributed by atoms with Crippen LogP contribution in [0.5, 0.6) is 0 Å². The normalized spacial score (nSPS) is 15.7. The van der Waals surface area contributed by atoms with E-state index in [0.29, 0.717) is 0 Å². The third-order valence-electron chi connectivity index (χ3n) is 1.97. The fourth-order valence-corrected chi connectivity index (χ4v) is 1.02. The number of ether oxygens (including phenoxy) is 1. The molecule has 0 saturated carbocycles. The molecule has 2 unspecified atom stereocenters. The van der Waals surface area contributed by atoms with Gasteiger partial charge in [0.15, 0.2) is 0 Å². The van der Waals surface area contributed by atoms with Gasteiger partial charge in [0.1, 0.15) is 0 Å². The molecule has 0 saturated heterocycles. The quantitative estimate of drug-likeness (QED) is 0.308. The van der Waals surface area contributed by atoms with Gasteiger partial charge in [-0.2, -0.15) is 0 Å². The van der Waals surface area contributed by atoms with Crippen LogP contribution in [0.15, 0.2) is 12.2 Å². The van der Waals surface area contributed by atoms with Gasteiger partial charge < -0.3 is 21.5 Å². The molecule has 0 radical (unpaired) electrons. The Balaban J connectivity index is 5.22. The molecular formula is C11H17N3O3. The predicted molar refractivity (Wildman–Crippen MR) is 63.6 cm³/mol. The largest absolute Gasteiger partial charge is 0.466 e. The molecule has 0 aliphatic carbocycles. The van der Waals surface area contributed by atoms with Crippen molar-refractivity contribution in [2.24, 2.45) is 11.5 Å². The number of rotatable bonds is 5. The highest BCUT2D eigenvalue weighted by Gasteiger charge is 2.37. The van der Waals surface area contributed by atoms with E-state index in [0.717, 1.165) is 0 Å². The van der Waals surface area contributed by atoms with E-state index in [4.69, 9.17) is 17.9 Å². The van der Waals surface area contributed by atoms with E-state index in [1.165, 1.54) is 26.2 Å². The van der Waals surface area contributed by atoms with Crippen molar-refractivity contribution in [3.05, 3.63) is 12.2 Å². The SMILES string of the molecule is C#CC(C=CCN)(NC(=O)C(C)N)C(=O)OC. The van der Waals surface area contributed by atoms with E-state index in [2.05, 4.69) is 16.0 Å². The zero-order valence-corrected chi connectivity index (χ0v) is 9.90. The molecule has 0 heterocycles. The van der Waals surface area contributed by atoms with Gasteiger partial charge in [-0.3, -0.25) is 4.79 Å². The molecule has 0 aromatic rings. The molecule has 0 aromatic heterocycles. The summed E-state index contributed by atoms with van der Waals surface area (Å²) >= 11 is 0. The summed E-state index contributed by atoms with van der Waals surface area (Å²) in [6, 6.07) is -0.793. The van der Waals surface area contributed by atoms with E-state index < -0.39 is 23.5 Å². The fourth-order valence-electron chi connectivity index (χ4n) is 1.02. The van der Waals surface area contributed by atoms with Crippen LogP contribution >= 0.6 is 0 Å². The minimum Gasteiger partial charge on any atom is -0.466 e. The number of terminal acetylenes is 1. The lowest BCUT2D eigenvalue weighted by Gasteiger charge is -2.24. The second kappa shape index (κ2) is 6.68. The number of hydrogen-bond donors (Lipinski definition) is 3. The third-order valence-corrected chi connectivity index (χ3v) is 1.97. The highest BCUT2D eigenvalue weighted by molar-refractivity contribution is 5.94. The highest BCUT2D eigenvalue weighted by Crippen LogP contribution is 2.09. The number of hydrogen-bond acceptors (Lipinski definition) is 5. The molecule has 6 nitrogen and oxygen atoms in total. The molecule has 0 aliphatic rings. The Hall–Kier alpha value is -1.84. The molecular weight excluding hydrogens is 222 g/mol. The standard InChI is InChI=1S/C11H17N3O3/c1-4-11(6-5-7-12,10(16)17-3)14-9(15)8(2)13/h1,5-6,8H,7,12-13H2,2-3H3,(H,14,15). The second-order valence-corrected chi connectivity index (χ2v) is 3.36. The Morgan fingerprint density at radius 1 is 1.65 bits per heavy atom. The lowest BCUT2D eigenvalue weighted by atomic mass is 9.99. The monoisotopic (exact) mass is 239 g/mol. The molecule has 2 atom stereocenters. The minimum absolute atomic E-state index is 0.175. The van der Waals surface area contributed by atoms with Crippen molar-refractivity contribution in [1.29, 1.82) is 0 Å². The van der Waals surface area contributed by atoms with Crippen LogP contribution in [0.4, 0.5) is 0 Å². The topological polar surface area (TPSA) is 107 Å². The van der Waals surface area contributed by atoms with E-state index in [9.17, 15) is 9.59 Å². The van der Waals surface area contributed by atoms with Crippen LogP contribution in [0.25, 0.3) is 0 Å². The summed E-state index contributed by atoms with van der Waals surface area (Å²) in [6.07, 6.45) is 8.04. The van der Waals surface area contributed by atoms with E-state index in [-0.39, 0.29) is 6.54 Å². The first-order valence-electron chi connectivity index (χ1n) is 4.95. The number of esters is 1. The predicted octanol–water partition coefficient (Wildman–Crippen LogP) is -1.49. The minimum atomic E-state index is -1.67. The molecule has 0 aliphatic heterocycles. The van der Waals surface area contributed by atoms with Crippen LogP contribution in [0.1, 0.15) is 6.92 Å². The summed E-state index contributed by atoms with van der Waals surface area (Å²) in [6.45, 7) is 1.65. The summed E-state index contributed by atoms with van der Waals surface area (Å²) in [5, 5.41) is 2.35. The van der Waals surface area contributed by atoms with Crippen molar-refractivity contribution >= 4 is 11.9 Å². The van der Waals surface area contributed by atoms with Crippen LogP contribution in [0.3, 0.4) is 0 Å². The number of nitrogens with one attached hydrogen (secondary N) is 1. The third kappa shape index (κ3) is 3.90. The van der Waals surface area contributed by atoms with E-state index in [1.807, 2.05) is 0 Å². The Morgan fingerprint density at radius 3 is 2.59 bits per heavy atom. The van der Waals surface area contributed by atoms with Crippen molar-refractivity contribution in [2.45, 2.75) is 18.5 Å². The molecule has 0 aromatic carbocycles. The molecule has 0 fully saturated rings. The van der Waals surface area contributed by atoms with Crippen LogP contribution in [0, 0.1) is 12.3 Å². The number of amides is 1.